The predicted octanol–water partition coefficient (Wildman–Crippen LogP) is 7.73. The van der Waals surface area contributed by atoms with E-state index in [1.54, 1.807) is 12.4 Å². The van der Waals surface area contributed by atoms with Crippen LogP contribution in [0.5, 0.6) is 0 Å². The maximum Gasteiger partial charge on any atom is 0.0972 e. The van der Waals surface area contributed by atoms with Gasteiger partial charge in [0.25, 0.3) is 0 Å². The van der Waals surface area contributed by atoms with Crippen LogP contribution in [0.2, 0.25) is 0 Å². The summed E-state index contributed by atoms with van der Waals surface area (Å²) in [5.74, 6) is 0. The molecule has 0 saturated carbocycles. The summed E-state index contributed by atoms with van der Waals surface area (Å²) in [6, 6.07) is 33.5. The third kappa shape index (κ3) is 3.48. The topological polar surface area (TPSA) is 51.6 Å². The number of nitrogens with zero attached hydrogens (tertiary/aromatic N) is 4. The van der Waals surface area contributed by atoms with Crippen molar-refractivity contribution < 1.29 is 0 Å². The van der Waals surface area contributed by atoms with E-state index in [0.717, 1.165) is 55.4 Å². The van der Waals surface area contributed by atoms with Gasteiger partial charge in [0.15, 0.2) is 0 Å². The summed E-state index contributed by atoms with van der Waals surface area (Å²) in [7, 11) is 0. The Labute approximate surface area is 208 Å². The molecule has 0 radical (unpaired) electrons. The molecule has 0 spiro atoms. The molecule has 0 saturated heterocycles. The zero-order valence-electron chi connectivity index (χ0n) is 19.3. The third-order valence-electron chi connectivity index (χ3n) is 6.63. The number of fused-ring (bicyclic) bond motifs is 4. The lowest BCUT2D eigenvalue weighted by Gasteiger charge is -2.10. The summed E-state index contributed by atoms with van der Waals surface area (Å²) in [6.45, 7) is 0. The molecule has 7 aromatic rings. The molecule has 0 fully saturated rings. The fraction of sp³-hybridized carbons (Fsp3) is 0. The summed E-state index contributed by atoms with van der Waals surface area (Å²) in [5, 5.41) is 4.53. The van der Waals surface area contributed by atoms with Crippen molar-refractivity contribution in [3.8, 4) is 33.6 Å². The van der Waals surface area contributed by atoms with Crippen molar-refractivity contribution >= 4 is 32.6 Å². The lowest BCUT2D eigenvalue weighted by atomic mass is 10.0. The number of rotatable bonds is 3. The molecule has 0 bridgehead atoms. The molecule has 0 aliphatic heterocycles. The highest BCUT2D eigenvalue weighted by atomic mass is 14.8. The molecular formula is C32H20N4. The van der Waals surface area contributed by atoms with Gasteiger partial charge < -0.3 is 0 Å². The van der Waals surface area contributed by atoms with Gasteiger partial charge in [-0.2, -0.15) is 0 Å². The first-order valence-electron chi connectivity index (χ1n) is 11.9. The second-order valence-electron chi connectivity index (χ2n) is 8.83. The van der Waals surface area contributed by atoms with Gasteiger partial charge >= 0.3 is 0 Å². The van der Waals surface area contributed by atoms with Gasteiger partial charge in [0.05, 0.1) is 22.4 Å². The average Bonchev–Trinajstić information content (AvgIpc) is 2.97. The summed E-state index contributed by atoms with van der Waals surface area (Å²) in [4.78, 5) is 18.8. The maximum absolute atomic E-state index is 5.14. The number of benzene rings is 3. The van der Waals surface area contributed by atoms with Gasteiger partial charge in [0.1, 0.15) is 0 Å². The third-order valence-corrected chi connectivity index (χ3v) is 6.63. The van der Waals surface area contributed by atoms with Crippen molar-refractivity contribution in [3.05, 3.63) is 122 Å². The molecule has 0 unspecified atom stereocenters. The second-order valence-corrected chi connectivity index (χ2v) is 8.83. The largest absolute Gasteiger partial charge is 0.265 e. The van der Waals surface area contributed by atoms with Crippen molar-refractivity contribution in [3.63, 3.8) is 0 Å². The molecule has 0 aliphatic rings. The highest BCUT2D eigenvalue weighted by Crippen LogP contribution is 2.32. The standard InChI is InChI=1S/C32H20N4/c1-2-6-27-22(4-1)5-3-7-28(27)30-13-11-24-9-8-23-10-12-29(35-31(23)32(24)36-30)26-18-25(19-34-20-26)21-14-16-33-17-15-21/h1-20H. The zero-order valence-corrected chi connectivity index (χ0v) is 19.3. The van der Waals surface area contributed by atoms with Gasteiger partial charge in [-0.05, 0) is 46.7 Å². The summed E-state index contributed by atoms with van der Waals surface area (Å²) < 4.78 is 0. The lowest BCUT2D eigenvalue weighted by Crippen LogP contribution is -1.92. The number of hydrogen-bond acceptors (Lipinski definition) is 4. The maximum atomic E-state index is 5.14. The van der Waals surface area contributed by atoms with Crippen LogP contribution in [-0.2, 0) is 0 Å². The molecule has 0 atom stereocenters. The van der Waals surface area contributed by atoms with Crippen molar-refractivity contribution in [2.75, 3.05) is 0 Å². The Morgan fingerprint density at radius 3 is 1.94 bits per heavy atom. The Hall–Kier alpha value is -4.96. The Morgan fingerprint density at radius 2 is 1.11 bits per heavy atom. The molecule has 0 aliphatic carbocycles. The minimum atomic E-state index is 0.871. The van der Waals surface area contributed by atoms with E-state index in [1.807, 2.05) is 24.5 Å². The van der Waals surface area contributed by atoms with E-state index in [9.17, 15) is 0 Å². The van der Waals surface area contributed by atoms with E-state index in [0.29, 0.717) is 0 Å². The lowest BCUT2D eigenvalue weighted by molar-refractivity contribution is 1.29. The van der Waals surface area contributed by atoms with Gasteiger partial charge in [-0.25, -0.2) is 9.97 Å². The quantitative estimate of drug-likeness (QED) is 0.253. The highest BCUT2D eigenvalue weighted by Gasteiger charge is 2.11. The molecule has 0 amide bonds. The molecule has 4 nitrogen and oxygen atoms in total. The van der Waals surface area contributed by atoms with Gasteiger partial charge in [-0.1, -0.05) is 66.7 Å². The van der Waals surface area contributed by atoms with Crippen LogP contribution in [0.1, 0.15) is 0 Å². The van der Waals surface area contributed by atoms with Crippen LogP contribution in [0.4, 0.5) is 0 Å². The summed E-state index contributed by atoms with van der Waals surface area (Å²) in [5.41, 5.74) is 7.81. The Bertz CT molecular complexity index is 1890. The van der Waals surface area contributed by atoms with Crippen molar-refractivity contribution in [2.45, 2.75) is 0 Å². The first-order valence-corrected chi connectivity index (χ1v) is 11.9. The van der Waals surface area contributed by atoms with Crippen molar-refractivity contribution in [2.24, 2.45) is 0 Å². The van der Waals surface area contributed by atoms with Crippen molar-refractivity contribution in [1.29, 1.82) is 0 Å². The van der Waals surface area contributed by atoms with Crippen LogP contribution in [0.25, 0.3) is 66.2 Å². The fourth-order valence-electron chi connectivity index (χ4n) is 4.81. The minimum absolute atomic E-state index is 0.871. The van der Waals surface area contributed by atoms with Gasteiger partial charge in [-0.15, -0.1) is 0 Å². The molecule has 168 valence electrons. The van der Waals surface area contributed by atoms with Gasteiger partial charge in [0.2, 0.25) is 0 Å². The predicted molar refractivity (Wildman–Crippen MR) is 146 cm³/mol. The van der Waals surface area contributed by atoms with E-state index >= 15 is 0 Å². The minimum Gasteiger partial charge on any atom is -0.265 e. The van der Waals surface area contributed by atoms with E-state index in [4.69, 9.17) is 9.97 Å². The van der Waals surface area contributed by atoms with E-state index in [1.165, 1.54) is 10.8 Å². The van der Waals surface area contributed by atoms with E-state index < -0.39 is 0 Å². The molecule has 36 heavy (non-hydrogen) atoms. The Morgan fingerprint density at radius 1 is 0.444 bits per heavy atom. The number of pyridine rings is 4. The molecular weight excluding hydrogens is 440 g/mol. The molecule has 3 aromatic carbocycles. The van der Waals surface area contributed by atoms with Crippen LogP contribution < -0.4 is 0 Å². The molecule has 7 rings (SSSR count). The van der Waals surface area contributed by atoms with Crippen LogP contribution in [0.3, 0.4) is 0 Å². The first-order chi connectivity index (χ1) is 17.8. The van der Waals surface area contributed by atoms with Gasteiger partial charge in [0, 0.05) is 52.3 Å². The zero-order chi connectivity index (χ0) is 23.9. The van der Waals surface area contributed by atoms with Crippen LogP contribution in [0.15, 0.2) is 122 Å². The van der Waals surface area contributed by atoms with Gasteiger partial charge in [-0.3, -0.25) is 9.97 Å². The number of hydrogen-bond donors (Lipinski definition) is 0. The van der Waals surface area contributed by atoms with Crippen LogP contribution in [-0.4, -0.2) is 19.9 Å². The molecule has 4 heterocycles. The SMILES string of the molecule is c1ccc2c(-c3ccc4ccc5ccc(-c6cncc(-c7ccncc7)c6)nc5c4n3)cccc2c1. The van der Waals surface area contributed by atoms with Crippen molar-refractivity contribution in [1.82, 2.24) is 19.9 Å². The molecule has 4 aromatic heterocycles. The second kappa shape index (κ2) is 8.36. The smallest absolute Gasteiger partial charge is 0.0972 e. The molecule has 4 heteroatoms. The Kier molecular flexibility index (Phi) is 4.74. The average molecular weight is 461 g/mol. The number of aromatic nitrogens is 4. The normalized spacial score (nSPS) is 11.3. The first kappa shape index (κ1) is 20.4. The highest BCUT2D eigenvalue weighted by molar-refractivity contribution is 6.05. The molecule has 0 N–H and O–H groups in total. The van der Waals surface area contributed by atoms with Crippen LogP contribution >= 0.6 is 0 Å². The van der Waals surface area contributed by atoms with Crippen LogP contribution in [0, 0.1) is 0 Å². The van der Waals surface area contributed by atoms with E-state index in [-0.39, 0.29) is 0 Å². The monoisotopic (exact) mass is 460 g/mol. The summed E-state index contributed by atoms with van der Waals surface area (Å²) >= 11 is 0. The fourth-order valence-corrected chi connectivity index (χ4v) is 4.81. The summed E-state index contributed by atoms with van der Waals surface area (Å²) in [6.07, 6.45) is 7.31. The Balaban J connectivity index is 1.40. The van der Waals surface area contributed by atoms with E-state index in [2.05, 4.69) is 94.9 Å².